The number of benzene rings is 2. The monoisotopic (exact) mass is 341 g/mol. The number of hydrogen-bond donors (Lipinski definition) is 1. The highest BCUT2D eigenvalue weighted by Crippen LogP contribution is 2.30. The van der Waals surface area contributed by atoms with E-state index in [-0.39, 0.29) is 6.04 Å². The second-order valence-electron chi connectivity index (χ2n) is 4.38. The van der Waals surface area contributed by atoms with Gasteiger partial charge in [0.2, 0.25) is 0 Å². The van der Waals surface area contributed by atoms with Gasteiger partial charge in [-0.3, -0.25) is 0 Å². The molecular formula is C15H14BrF2NO. The molecule has 0 aliphatic rings. The maximum Gasteiger partial charge on any atom is 0.131 e. The number of rotatable bonds is 4. The SMILES string of the molecule is COc1ccc(Br)c(NC(C)c2ccc(F)cc2F)c1. The van der Waals surface area contributed by atoms with Gasteiger partial charge in [0, 0.05) is 22.2 Å². The van der Waals surface area contributed by atoms with E-state index in [4.69, 9.17) is 4.74 Å². The number of ether oxygens (including phenoxy) is 1. The zero-order valence-corrected chi connectivity index (χ0v) is 12.7. The first-order valence-corrected chi connectivity index (χ1v) is 6.85. The molecule has 2 aromatic carbocycles. The fourth-order valence-corrected chi connectivity index (χ4v) is 2.27. The van der Waals surface area contributed by atoms with E-state index >= 15 is 0 Å². The zero-order valence-electron chi connectivity index (χ0n) is 11.1. The molecule has 2 nitrogen and oxygen atoms in total. The van der Waals surface area contributed by atoms with Gasteiger partial charge in [0.1, 0.15) is 17.4 Å². The van der Waals surface area contributed by atoms with E-state index < -0.39 is 11.6 Å². The van der Waals surface area contributed by atoms with Crippen LogP contribution < -0.4 is 10.1 Å². The maximum atomic E-state index is 13.7. The first-order chi connectivity index (χ1) is 9.51. The quantitative estimate of drug-likeness (QED) is 0.853. The third-order valence-electron chi connectivity index (χ3n) is 2.97. The van der Waals surface area contributed by atoms with Crippen LogP contribution in [0, 0.1) is 11.6 Å². The largest absolute Gasteiger partial charge is 0.497 e. The summed E-state index contributed by atoms with van der Waals surface area (Å²) in [5.41, 5.74) is 1.18. The molecule has 0 radical (unpaired) electrons. The first kappa shape index (κ1) is 14.8. The molecule has 0 aliphatic heterocycles. The number of methoxy groups -OCH3 is 1. The van der Waals surface area contributed by atoms with Gasteiger partial charge >= 0.3 is 0 Å². The summed E-state index contributed by atoms with van der Waals surface area (Å²) in [6.45, 7) is 1.81. The van der Waals surface area contributed by atoms with Gasteiger partial charge in [-0.15, -0.1) is 0 Å². The molecule has 0 saturated heterocycles. The normalized spacial score (nSPS) is 12.1. The van der Waals surface area contributed by atoms with Crippen LogP contribution >= 0.6 is 15.9 Å². The lowest BCUT2D eigenvalue weighted by atomic mass is 10.1. The molecule has 20 heavy (non-hydrogen) atoms. The summed E-state index contributed by atoms with van der Waals surface area (Å²) < 4.78 is 32.6. The Kier molecular flexibility index (Phi) is 4.60. The van der Waals surface area contributed by atoms with Gasteiger partial charge in [0.25, 0.3) is 0 Å². The van der Waals surface area contributed by atoms with Crippen LogP contribution in [0.2, 0.25) is 0 Å². The Balaban J connectivity index is 2.25. The minimum atomic E-state index is -0.582. The molecule has 0 aliphatic carbocycles. The van der Waals surface area contributed by atoms with Crippen LogP contribution in [0.1, 0.15) is 18.5 Å². The van der Waals surface area contributed by atoms with Crippen LogP contribution in [0.3, 0.4) is 0 Å². The number of nitrogens with one attached hydrogen (secondary N) is 1. The molecule has 0 spiro atoms. The van der Waals surface area contributed by atoms with E-state index in [0.29, 0.717) is 11.3 Å². The van der Waals surface area contributed by atoms with Crippen molar-refractivity contribution in [3.05, 3.63) is 58.1 Å². The van der Waals surface area contributed by atoms with Gasteiger partial charge in [-0.05, 0) is 41.1 Å². The fraction of sp³-hybridized carbons (Fsp3) is 0.200. The van der Waals surface area contributed by atoms with Crippen LogP contribution in [0.25, 0.3) is 0 Å². The Labute approximate surface area is 124 Å². The molecule has 1 N–H and O–H groups in total. The van der Waals surface area contributed by atoms with Crippen molar-refractivity contribution in [3.63, 3.8) is 0 Å². The second-order valence-corrected chi connectivity index (χ2v) is 5.23. The lowest BCUT2D eigenvalue weighted by Crippen LogP contribution is -2.09. The fourth-order valence-electron chi connectivity index (χ4n) is 1.91. The van der Waals surface area contributed by atoms with E-state index in [1.165, 1.54) is 12.1 Å². The van der Waals surface area contributed by atoms with Gasteiger partial charge in [-0.25, -0.2) is 8.78 Å². The predicted octanol–water partition coefficient (Wildman–Crippen LogP) is 4.91. The smallest absolute Gasteiger partial charge is 0.131 e. The Morgan fingerprint density at radius 2 is 1.90 bits per heavy atom. The predicted molar refractivity (Wildman–Crippen MR) is 79.1 cm³/mol. The van der Waals surface area contributed by atoms with Crippen molar-refractivity contribution in [2.75, 3.05) is 12.4 Å². The first-order valence-electron chi connectivity index (χ1n) is 6.06. The molecular weight excluding hydrogens is 328 g/mol. The molecule has 2 aromatic rings. The highest BCUT2D eigenvalue weighted by atomic mass is 79.9. The Morgan fingerprint density at radius 1 is 1.15 bits per heavy atom. The molecule has 1 unspecified atom stereocenters. The number of halogens is 3. The summed E-state index contributed by atoms with van der Waals surface area (Å²) in [6.07, 6.45) is 0. The molecule has 1 atom stereocenters. The van der Waals surface area contributed by atoms with Crippen molar-refractivity contribution < 1.29 is 13.5 Å². The van der Waals surface area contributed by atoms with Gasteiger partial charge < -0.3 is 10.1 Å². The van der Waals surface area contributed by atoms with Crippen LogP contribution in [-0.4, -0.2) is 7.11 Å². The van der Waals surface area contributed by atoms with Gasteiger partial charge in [0.05, 0.1) is 18.8 Å². The van der Waals surface area contributed by atoms with Crippen LogP contribution in [0.15, 0.2) is 40.9 Å². The molecule has 0 bridgehead atoms. The lowest BCUT2D eigenvalue weighted by Gasteiger charge is -2.18. The Hall–Kier alpha value is -1.62. The Morgan fingerprint density at radius 3 is 2.55 bits per heavy atom. The van der Waals surface area contributed by atoms with Gasteiger partial charge in [-0.2, -0.15) is 0 Å². The Bertz CT molecular complexity index is 619. The summed E-state index contributed by atoms with van der Waals surface area (Å²) in [5, 5.41) is 3.17. The van der Waals surface area contributed by atoms with Crippen molar-refractivity contribution >= 4 is 21.6 Å². The number of hydrogen-bond acceptors (Lipinski definition) is 2. The lowest BCUT2D eigenvalue weighted by molar-refractivity contribution is 0.415. The van der Waals surface area contributed by atoms with E-state index in [1.54, 1.807) is 7.11 Å². The van der Waals surface area contributed by atoms with E-state index in [0.717, 1.165) is 16.2 Å². The average molecular weight is 342 g/mol. The molecule has 5 heteroatoms. The summed E-state index contributed by atoms with van der Waals surface area (Å²) in [4.78, 5) is 0. The van der Waals surface area contributed by atoms with Crippen LogP contribution in [-0.2, 0) is 0 Å². The second kappa shape index (κ2) is 6.22. The molecule has 106 valence electrons. The molecule has 0 amide bonds. The van der Waals surface area contributed by atoms with E-state index in [2.05, 4.69) is 21.2 Å². The standard InChI is InChI=1S/C15H14BrF2NO/c1-9(12-5-3-10(17)7-14(12)18)19-15-8-11(20-2)4-6-13(15)16/h3-9,19H,1-2H3. The molecule has 0 aromatic heterocycles. The summed E-state index contributed by atoms with van der Waals surface area (Å²) in [5.74, 6) is -0.451. The van der Waals surface area contributed by atoms with Gasteiger partial charge in [-0.1, -0.05) is 6.07 Å². The highest BCUT2D eigenvalue weighted by Gasteiger charge is 2.13. The topological polar surface area (TPSA) is 21.3 Å². The highest BCUT2D eigenvalue weighted by molar-refractivity contribution is 9.10. The van der Waals surface area contributed by atoms with Crippen LogP contribution in [0.4, 0.5) is 14.5 Å². The van der Waals surface area contributed by atoms with Crippen molar-refractivity contribution in [2.45, 2.75) is 13.0 Å². The zero-order chi connectivity index (χ0) is 14.7. The van der Waals surface area contributed by atoms with Crippen molar-refractivity contribution in [2.24, 2.45) is 0 Å². The third-order valence-corrected chi connectivity index (χ3v) is 3.67. The van der Waals surface area contributed by atoms with Crippen molar-refractivity contribution in [1.82, 2.24) is 0 Å². The maximum absolute atomic E-state index is 13.7. The van der Waals surface area contributed by atoms with E-state index in [1.807, 2.05) is 25.1 Å². The minimum Gasteiger partial charge on any atom is -0.497 e. The third kappa shape index (κ3) is 3.28. The minimum absolute atomic E-state index is 0.306. The molecule has 2 rings (SSSR count). The van der Waals surface area contributed by atoms with Crippen molar-refractivity contribution in [1.29, 1.82) is 0 Å². The van der Waals surface area contributed by atoms with Crippen LogP contribution in [0.5, 0.6) is 5.75 Å². The average Bonchev–Trinajstić information content (AvgIpc) is 2.41. The summed E-state index contributed by atoms with van der Waals surface area (Å²) in [7, 11) is 1.58. The summed E-state index contributed by atoms with van der Waals surface area (Å²) >= 11 is 3.42. The molecule has 0 saturated carbocycles. The summed E-state index contributed by atoms with van der Waals surface area (Å²) in [6, 6.07) is 8.73. The number of anilines is 1. The molecule has 0 fully saturated rings. The van der Waals surface area contributed by atoms with E-state index in [9.17, 15) is 8.78 Å². The van der Waals surface area contributed by atoms with Crippen molar-refractivity contribution in [3.8, 4) is 5.75 Å². The molecule has 0 heterocycles. The van der Waals surface area contributed by atoms with Gasteiger partial charge in [0.15, 0.2) is 0 Å².